The van der Waals surface area contributed by atoms with Crippen LogP contribution in [0.1, 0.15) is 17.0 Å². The van der Waals surface area contributed by atoms with Gasteiger partial charge in [-0.2, -0.15) is 4.31 Å². The molecule has 2 N–H and O–H groups in total. The largest absolute Gasteiger partial charge is 0.326 e. The zero-order valence-electron chi connectivity index (χ0n) is 14.1. The zero-order valence-corrected chi connectivity index (χ0v) is 15.7. The molecule has 0 amide bonds. The summed E-state index contributed by atoms with van der Waals surface area (Å²) in [5.41, 5.74) is 7.11. The molecule has 2 aromatic rings. The van der Waals surface area contributed by atoms with Crippen molar-refractivity contribution < 1.29 is 13.3 Å². The molecule has 140 valence electrons. The van der Waals surface area contributed by atoms with Gasteiger partial charge in [0.05, 0.1) is 9.82 Å². The fourth-order valence-electron chi connectivity index (χ4n) is 3.26. The van der Waals surface area contributed by atoms with Crippen LogP contribution in [0.3, 0.4) is 0 Å². The number of sulfonamides is 1. The number of nitro benzene ring substituents is 1. The Morgan fingerprint density at radius 2 is 1.77 bits per heavy atom. The van der Waals surface area contributed by atoms with Crippen molar-refractivity contribution in [2.24, 2.45) is 5.73 Å². The highest BCUT2D eigenvalue weighted by atomic mass is 35.5. The lowest BCUT2D eigenvalue weighted by Gasteiger charge is -2.18. The Kier molecular flexibility index (Phi) is 6.02. The van der Waals surface area contributed by atoms with Crippen LogP contribution < -0.4 is 5.73 Å². The summed E-state index contributed by atoms with van der Waals surface area (Å²) < 4.78 is 27.3. The number of hydrogen-bond acceptors (Lipinski definition) is 5. The first-order valence-electron chi connectivity index (χ1n) is 7.87. The van der Waals surface area contributed by atoms with E-state index >= 15 is 0 Å². The first kappa shape index (κ1) is 20.3. The number of hydrogen-bond donors (Lipinski definition) is 1. The second-order valence-electron chi connectivity index (χ2n) is 6.16. The van der Waals surface area contributed by atoms with Gasteiger partial charge >= 0.3 is 0 Å². The van der Waals surface area contributed by atoms with Crippen molar-refractivity contribution in [2.45, 2.75) is 23.8 Å². The van der Waals surface area contributed by atoms with E-state index in [1.165, 1.54) is 29.4 Å². The lowest BCUT2D eigenvalue weighted by atomic mass is 9.95. The molecule has 0 radical (unpaired) electrons. The summed E-state index contributed by atoms with van der Waals surface area (Å²) in [7, 11) is -3.85. The Bertz CT molecular complexity index is 905. The van der Waals surface area contributed by atoms with Crippen molar-refractivity contribution in [3.05, 3.63) is 69.8 Å². The van der Waals surface area contributed by atoms with E-state index in [-0.39, 0.29) is 53.6 Å². The summed E-state index contributed by atoms with van der Waals surface area (Å²) >= 11 is 0. The van der Waals surface area contributed by atoms with E-state index in [9.17, 15) is 18.5 Å². The fourth-order valence-corrected chi connectivity index (χ4v) is 5.01. The normalized spacial score (nSPS) is 20.5. The summed E-state index contributed by atoms with van der Waals surface area (Å²) in [6, 6.07) is 13.3. The number of benzene rings is 2. The molecule has 1 aliphatic rings. The van der Waals surface area contributed by atoms with Crippen molar-refractivity contribution in [3.8, 4) is 0 Å². The second kappa shape index (κ2) is 7.71. The number of nitrogens with two attached hydrogens (primary N) is 1. The maximum atomic E-state index is 13.0. The molecule has 0 aliphatic carbocycles. The maximum Gasteiger partial charge on any atom is 0.273 e. The van der Waals surface area contributed by atoms with Gasteiger partial charge in [0.2, 0.25) is 10.0 Å². The third-order valence-corrected chi connectivity index (χ3v) is 6.61. The van der Waals surface area contributed by atoms with E-state index in [0.29, 0.717) is 0 Å². The minimum Gasteiger partial charge on any atom is -0.326 e. The highest BCUT2D eigenvalue weighted by molar-refractivity contribution is 7.89. The van der Waals surface area contributed by atoms with Crippen LogP contribution in [-0.4, -0.2) is 36.8 Å². The molecule has 0 saturated carbocycles. The van der Waals surface area contributed by atoms with Gasteiger partial charge in [0.25, 0.3) is 5.69 Å². The number of nitro groups is 1. The third-order valence-electron chi connectivity index (χ3n) is 4.63. The average molecular weight is 398 g/mol. The first-order valence-corrected chi connectivity index (χ1v) is 9.31. The van der Waals surface area contributed by atoms with Gasteiger partial charge in [-0.25, -0.2) is 8.42 Å². The molecular formula is C17H20ClN3O4S. The molecule has 0 bridgehead atoms. The topological polar surface area (TPSA) is 107 Å². The summed E-state index contributed by atoms with van der Waals surface area (Å²) in [5.74, 6) is -0.102. The highest BCUT2D eigenvalue weighted by Crippen LogP contribution is 2.33. The van der Waals surface area contributed by atoms with Gasteiger partial charge in [-0.15, -0.1) is 12.4 Å². The van der Waals surface area contributed by atoms with Crippen LogP contribution in [0.5, 0.6) is 0 Å². The molecule has 3 rings (SSSR count). The fraction of sp³-hybridized carbons (Fsp3) is 0.294. The van der Waals surface area contributed by atoms with E-state index in [4.69, 9.17) is 5.73 Å². The summed E-state index contributed by atoms with van der Waals surface area (Å²) in [4.78, 5) is 10.5. The molecule has 0 spiro atoms. The Labute approximate surface area is 158 Å². The van der Waals surface area contributed by atoms with Crippen molar-refractivity contribution in [3.63, 3.8) is 0 Å². The van der Waals surface area contributed by atoms with Crippen molar-refractivity contribution in [1.82, 2.24) is 4.31 Å². The van der Waals surface area contributed by atoms with Gasteiger partial charge in [0.15, 0.2) is 0 Å². The Hall–Kier alpha value is -2.00. The van der Waals surface area contributed by atoms with E-state index in [0.717, 1.165) is 5.56 Å². The molecule has 2 atom stereocenters. The first-order chi connectivity index (χ1) is 11.8. The lowest BCUT2D eigenvalue weighted by Crippen LogP contribution is -2.32. The Balaban J connectivity index is 0.00000243. The quantitative estimate of drug-likeness (QED) is 0.629. The molecule has 0 aromatic heterocycles. The summed E-state index contributed by atoms with van der Waals surface area (Å²) in [6.45, 7) is 1.90. The van der Waals surface area contributed by atoms with Gasteiger partial charge in [-0.05, 0) is 18.6 Å². The van der Waals surface area contributed by atoms with E-state index in [2.05, 4.69) is 0 Å². The summed E-state index contributed by atoms with van der Waals surface area (Å²) in [6.07, 6.45) is 0. The molecule has 1 heterocycles. The van der Waals surface area contributed by atoms with Crippen LogP contribution >= 0.6 is 12.4 Å². The van der Waals surface area contributed by atoms with Gasteiger partial charge in [-0.1, -0.05) is 36.4 Å². The zero-order chi connectivity index (χ0) is 18.2. The predicted octanol–water partition coefficient (Wildman–Crippen LogP) is 2.44. The molecule has 2 aromatic carbocycles. The number of halogens is 1. The van der Waals surface area contributed by atoms with Crippen LogP contribution in [0, 0.1) is 17.0 Å². The molecule has 1 aliphatic heterocycles. The minimum atomic E-state index is -3.85. The number of nitrogens with zero attached hydrogens (tertiary/aromatic N) is 2. The average Bonchev–Trinajstić information content (AvgIpc) is 2.98. The summed E-state index contributed by atoms with van der Waals surface area (Å²) in [5, 5.41) is 11.1. The third kappa shape index (κ3) is 3.59. The van der Waals surface area contributed by atoms with E-state index in [1.54, 1.807) is 0 Å². The number of rotatable bonds is 4. The van der Waals surface area contributed by atoms with Gasteiger partial charge < -0.3 is 5.73 Å². The molecule has 9 heteroatoms. The molecule has 26 heavy (non-hydrogen) atoms. The lowest BCUT2D eigenvalue weighted by molar-refractivity contribution is -0.385. The van der Waals surface area contributed by atoms with Crippen LogP contribution in [0.4, 0.5) is 5.69 Å². The van der Waals surface area contributed by atoms with E-state index < -0.39 is 14.9 Å². The highest BCUT2D eigenvalue weighted by Gasteiger charge is 2.39. The van der Waals surface area contributed by atoms with Crippen molar-refractivity contribution in [1.29, 1.82) is 0 Å². The SMILES string of the molecule is Cc1c([N+](=O)[O-])cccc1S(=O)(=O)N1C[C@@H](N)[C@H](c2ccccc2)C1.Cl. The van der Waals surface area contributed by atoms with Gasteiger partial charge in [0, 0.05) is 36.7 Å². The van der Waals surface area contributed by atoms with Gasteiger partial charge in [-0.3, -0.25) is 10.1 Å². The van der Waals surface area contributed by atoms with Crippen molar-refractivity contribution in [2.75, 3.05) is 13.1 Å². The molecule has 1 fully saturated rings. The maximum absolute atomic E-state index is 13.0. The van der Waals surface area contributed by atoms with Crippen LogP contribution in [0.2, 0.25) is 0 Å². The molecule has 7 nitrogen and oxygen atoms in total. The van der Waals surface area contributed by atoms with E-state index in [1.807, 2.05) is 30.3 Å². The molecule has 1 saturated heterocycles. The van der Waals surface area contributed by atoms with Crippen LogP contribution in [0.15, 0.2) is 53.4 Å². The van der Waals surface area contributed by atoms with Crippen LogP contribution in [0.25, 0.3) is 0 Å². The van der Waals surface area contributed by atoms with Crippen molar-refractivity contribution >= 4 is 28.1 Å². The van der Waals surface area contributed by atoms with Gasteiger partial charge in [0.1, 0.15) is 0 Å². The monoisotopic (exact) mass is 397 g/mol. The Morgan fingerprint density at radius 1 is 1.12 bits per heavy atom. The second-order valence-corrected chi connectivity index (χ2v) is 8.07. The Morgan fingerprint density at radius 3 is 2.38 bits per heavy atom. The molecular weight excluding hydrogens is 378 g/mol. The van der Waals surface area contributed by atoms with Crippen LogP contribution in [-0.2, 0) is 10.0 Å². The minimum absolute atomic E-state index is 0. The smallest absolute Gasteiger partial charge is 0.273 e. The standard InChI is InChI=1S/C17H19N3O4S.ClH/c1-12-16(20(21)22)8-5-9-17(12)25(23,24)19-10-14(15(18)11-19)13-6-3-2-4-7-13;/h2-9,14-15H,10-11,18H2,1H3;1H/t14-,15+;/m0./s1. The predicted molar refractivity (Wildman–Crippen MR) is 101 cm³/mol. The molecule has 0 unspecified atom stereocenters.